The number of hydrogen-bond donors (Lipinski definition) is 0. The first kappa shape index (κ1) is 12.1. The van der Waals surface area contributed by atoms with Gasteiger partial charge in [0.2, 0.25) is 0 Å². The van der Waals surface area contributed by atoms with E-state index in [1.54, 1.807) is 11.3 Å². The van der Waals surface area contributed by atoms with Crippen LogP contribution in [-0.2, 0) is 4.79 Å². The Morgan fingerprint density at radius 3 is 1.60 bits per heavy atom. The molecule has 0 radical (unpaired) electrons. The topological polar surface area (TPSA) is 17.1 Å². The predicted octanol–water partition coefficient (Wildman–Crippen LogP) is 2.98. The molecule has 0 aliphatic rings. The quantitative estimate of drug-likeness (QED) is 0.530. The molecule has 0 amide bonds. The lowest BCUT2D eigenvalue weighted by Gasteiger charge is -1.39. The zero-order valence-electron chi connectivity index (χ0n) is 6.70. The molecule has 0 aliphatic heterocycles. The lowest BCUT2D eigenvalue weighted by atomic mass is 10.7. The standard InChI is InChI=1S/C4H4S.C2H4O.C2H6/c1-2-4-5-3-1;1-2-3;1-2/h1-4H;2H,1H3;1-2H3. The number of aldehydes is 1. The fourth-order valence-corrected chi connectivity index (χ4v) is 0.680. The third kappa shape index (κ3) is 15.7. The van der Waals surface area contributed by atoms with Crippen molar-refractivity contribution in [2.75, 3.05) is 0 Å². The van der Waals surface area contributed by atoms with Crippen molar-refractivity contribution in [2.24, 2.45) is 0 Å². The van der Waals surface area contributed by atoms with Crippen LogP contribution in [0, 0.1) is 0 Å². The van der Waals surface area contributed by atoms with Gasteiger partial charge < -0.3 is 4.79 Å². The molecule has 0 N–H and O–H groups in total. The summed E-state index contributed by atoms with van der Waals surface area (Å²) >= 11 is 1.71. The van der Waals surface area contributed by atoms with Gasteiger partial charge in [0.15, 0.2) is 0 Å². The molecule has 0 atom stereocenters. The van der Waals surface area contributed by atoms with Crippen molar-refractivity contribution < 1.29 is 4.79 Å². The average Bonchev–Trinajstić information content (AvgIpc) is 2.48. The summed E-state index contributed by atoms with van der Waals surface area (Å²) in [4.78, 5) is 8.81. The van der Waals surface area contributed by atoms with Crippen LogP contribution in [0.5, 0.6) is 0 Å². The Hall–Kier alpha value is -0.630. The highest BCUT2D eigenvalue weighted by Gasteiger charge is 1.58. The summed E-state index contributed by atoms with van der Waals surface area (Å²) in [6, 6.07) is 4.04. The lowest BCUT2D eigenvalue weighted by Crippen LogP contribution is -1.36. The van der Waals surface area contributed by atoms with E-state index in [0.29, 0.717) is 0 Å². The summed E-state index contributed by atoms with van der Waals surface area (Å²) in [7, 11) is 0. The summed E-state index contributed by atoms with van der Waals surface area (Å²) in [5.41, 5.74) is 0. The fraction of sp³-hybridized carbons (Fsp3) is 0.375. The van der Waals surface area contributed by atoms with Gasteiger partial charge in [-0.1, -0.05) is 26.0 Å². The van der Waals surface area contributed by atoms with Gasteiger partial charge in [-0.3, -0.25) is 0 Å². The molecule has 0 spiro atoms. The number of rotatable bonds is 0. The Balaban J connectivity index is 0. The van der Waals surface area contributed by atoms with Crippen molar-refractivity contribution in [1.82, 2.24) is 0 Å². The number of carbonyl (C=O) groups excluding carboxylic acids is 1. The highest BCUT2D eigenvalue weighted by Crippen LogP contribution is 1.91. The van der Waals surface area contributed by atoms with Gasteiger partial charge in [0.25, 0.3) is 0 Å². The molecular weight excluding hydrogens is 144 g/mol. The van der Waals surface area contributed by atoms with E-state index < -0.39 is 0 Å². The van der Waals surface area contributed by atoms with Gasteiger partial charge >= 0.3 is 0 Å². The van der Waals surface area contributed by atoms with Crippen LogP contribution in [0.3, 0.4) is 0 Å². The van der Waals surface area contributed by atoms with Crippen molar-refractivity contribution in [3.63, 3.8) is 0 Å². The SMILES string of the molecule is CC.CC=O.c1ccsc1. The molecule has 0 saturated heterocycles. The van der Waals surface area contributed by atoms with Gasteiger partial charge in [0.1, 0.15) is 6.29 Å². The van der Waals surface area contributed by atoms with E-state index in [4.69, 9.17) is 4.79 Å². The molecule has 1 heterocycles. The van der Waals surface area contributed by atoms with Crippen LogP contribution in [0.15, 0.2) is 22.9 Å². The Kier molecular flexibility index (Phi) is 19.1. The minimum atomic E-state index is 0.750. The van der Waals surface area contributed by atoms with Crippen molar-refractivity contribution in [2.45, 2.75) is 20.8 Å². The first-order valence-electron chi connectivity index (χ1n) is 3.28. The van der Waals surface area contributed by atoms with E-state index in [1.807, 2.05) is 36.7 Å². The maximum atomic E-state index is 8.81. The third-order valence-corrected chi connectivity index (χ3v) is 1.05. The molecule has 0 aliphatic carbocycles. The van der Waals surface area contributed by atoms with Crippen LogP contribution in [0.25, 0.3) is 0 Å². The van der Waals surface area contributed by atoms with Crippen LogP contribution < -0.4 is 0 Å². The second-order valence-electron chi connectivity index (χ2n) is 1.03. The summed E-state index contributed by atoms with van der Waals surface area (Å²) in [6.45, 7) is 5.44. The highest BCUT2D eigenvalue weighted by molar-refractivity contribution is 7.07. The molecule has 10 heavy (non-hydrogen) atoms. The van der Waals surface area contributed by atoms with Gasteiger partial charge in [-0.05, 0) is 17.7 Å². The van der Waals surface area contributed by atoms with Crippen molar-refractivity contribution in [3.05, 3.63) is 22.9 Å². The van der Waals surface area contributed by atoms with Crippen LogP contribution in [-0.4, -0.2) is 6.29 Å². The normalized spacial score (nSPS) is 5.90. The van der Waals surface area contributed by atoms with Gasteiger partial charge in [0, 0.05) is 0 Å². The molecule has 0 unspecified atom stereocenters. The summed E-state index contributed by atoms with van der Waals surface area (Å²) in [6.07, 6.45) is 0.750. The average molecular weight is 158 g/mol. The molecule has 1 aromatic heterocycles. The van der Waals surface area contributed by atoms with Crippen LogP contribution >= 0.6 is 11.3 Å². The number of carbonyl (C=O) groups is 1. The van der Waals surface area contributed by atoms with Gasteiger partial charge in [-0.15, -0.1) is 0 Å². The maximum Gasteiger partial charge on any atom is 0.116 e. The molecule has 0 fully saturated rings. The molecule has 0 aromatic carbocycles. The van der Waals surface area contributed by atoms with Crippen LogP contribution in [0.2, 0.25) is 0 Å². The van der Waals surface area contributed by atoms with Gasteiger partial charge in [0.05, 0.1) is 0 Å². The molecule has 0 saturated carbocycles. The molecule has 1 rings (SSSR count). The monoisotopic (exact) mass is 158 g/mol. The van der Waals surface area contributed by atoms with E-state index in [-0.39, 0.29) is 0 Å². The molecule has 1 aromatic rings. The molecule has 58 valence electrons. The molecular formula is C8H14OS. The predicted molar refractivity (Wildman–Crippen MR) is 47.4 cm³/mol. The Bertz CT molecular complexity index is 95.6. The second-order valence-corrected chi connectivity index (χ2v) is 1.85. The minimum Gasteiger partial charge on any atom is -0.304 e. The van der Waals surface area contributed by atoms with E-state index in [1.165, 1.54) is 6.92 Å². The summed E-state index contributed by atoms with van der Waals surface area (Å²) in [5, 5.41) is 4.08. The maximum absolute atomic E-state index is 8.81. The smallest absolute Gasteiger partial charge is 0.116 e. The van der Waals surface area contributed by atoms with E-state index in [0.717, 1.165) is 6.29 Å². The summed E-state index contributed by atoms with van der Waals surface area (Å²) < 4.78 is 0. The number of hydrogen-bond acceptors (Lipinski definition) is 2. The van der Waals surface area contributed by atoms with Crippen LogP contribution in [0.1, 0.15) is 20.8 Å². The van der Waals surface area contributed by atoms with Gasteiger partial charge in [-0.25, -0.2) is 0 Å². The number of thiophene rings is 1. The Morgan fingerprint density at radius 1 is 1.20 bits per heavy atom. The van der Waals surface area contributed by atoms with Crippen LogP contribution in [0.4, 0.5) is 0 Å². The highest BCUT2D eigenvalue weighted by atomic mass is 32.1. The lowest BCUT2D eigenvalue weighted by molar-refractivity contribution is -0.106. The zero-order valence-corrected chi connectivity index (χ0v) is 7.52. The molecule has 2 heteroatoms. The largest absolute Gasteiger partial charge is 0.304 e. The second kappa shape index (κ2) is 15.8. The molecule has 0 bridgehead atoms. The zero-order chi connectivity index (χ0) is 8.24. The van der Waals surface area contributed by atoms with Crippen molar-refractivity contribution in [3.8, 4) is 0 Å². The minimum absolute atomic E-state index is 0.750. The van der Waals surface area contributed by atoms with Crippen molar-refractivity contribution >= 4 is 17.6 Å². The Morgan fingerprint density at radius 2 is 1.50 bits per heavy atom. The Labute approximate surface area is 66.7 Å². The van der Waals surface area contributed by atoms with E-state index in [2.05, 4.69) is 0 Å². The first-order chi connectivity index (χ1) is 4.91. The van der Waals surface area contributed by atoms with Crippen molar-refractivity contribution in [1.29, 1.82) is 0 Å². The fourth-order valence-electron chi connectivity index (χ4n) is 0.227. The van der Waals surface area contributed by atoms with Gasteiger partial charge in [-0.2, -0.15) is 11.3 Å². The first-order valence-corrected chi connectivity index (χ1v) is 4.23. The van der Waals surface area contributed by atoms with E-state index in [9.17, 15) is 0 Å². The molecule has 1 nitrogen and oxygen atoms in total. The summed E-state index contributed by atoms with van der Waals surface area (Å²) in [5.74, 6) is 0. The van der Waals surface area contributed by atoms with E-state index >= 15 is 0 Å². The third-order valence-electron chi connectivity index (χ3n) is 0.425.